The molecule has 0 saturated carbocycles. The Labute approximate surface area is 368 Å². The second-order valence-corrected chi connectivity index (χ2v) is 16.3. The predicted octanol–water partition coefficient (Wildman–Crippen LogP) is 2.90. The largest absolute Gasteiger partial charge is 0.328 e. The molecule has 0 fully saturated rings. The van der Waals surface area contributed by atoms with Crippen molar-refractivity contribution in [1.82, 2.24) is 38.2 Å². The van der Waals surface area contributed by atoms with Gasteiger partial charge < -0.3 is 0 Å². The molecule has 0 unspecified atom stereocenters. The van der Waals surface area contributed by atoms with Gasteiger partial charge in [-0.1, -0.05) is 97.1 Å². The van der Waals surface area contributed by atoms with Crippen LogP contribution in [0.15, 0.2) is 160 Å². The summed E-state index contributed by atoms with van der Waals surface area (Å²) in [5.74, 6) is 0. The van der Waals surface area contributed by atoms with Crippen LogP contribution in [-0.4, -0.2) is 38.2 Å². The molecule has 65 heavy (non-hydrogen) atoms. The third kappa shape index (κ3) is 8.69. The van der Waals surface area contributed by atoms with Crippen LogP contribution in [0.4, 0.5) is 0 Å². The topological polar surface area (TPSA) is 219 Å². The zero-order valence-corrected chi connectivity index (χ0v) is 35.9. The van der Waals surface area contributed by atoms with Gasteiger partial charge in [0.05, 0.1) is 31.6 Å². The molecule has 4 N–H and O–H groups in total. The third-order valence-corrected chi connectivity index (χ3v) is 11.7. The molecule has 0 saturated heterocycles. The van der Waals surface area contributed by atoms with Gasteiger partial charge in [0.25, 0.3) is 22.2 Å². The van der Waals surface area contributed by atoms with Crippen molar-refractivity contribution in [2.45, 2.75) is 59.3 Å². The van der Waals surface area contributed by atoms with Crippen LogP contribution in [0.2, 0.25) is 0 Å². The fourth-order valence-corrected chi connectivity index (χ4v) is 8.17. The Morgan fingerprint density at radius 1 is 0.323 bits per heavy atom. The van der Waals surface area contributed by atoms with Gasteiger partial charge in [-0.3, -0.25) is 57.4 Å². The molecule has 16 heteroatoms. The van der Waals surface area contributed by atoms with E-state index in [2.05, 4.69) is 19.9 Å². The number of aryl methyl sites for hydroxylation is 4. The SMILES string of the molecule is Cc1cn(Cc2ccc(C(c3ccc(Cn4cc(C)c(=O)[nH]c4=O)cc3)(c3ccc(Cn4cc(C)c(=O)[nH]c4=O)cc3)c3ccc(Cn4cc(C)c(=O)[nH]c4=O)cc3)cc2)c(=O)[nH]c1=O. The van der Waals surface area contributed by atoms with Crippen LogP contribution in [0, 0.1) is 27.7 Å². The molecule has 8 rings (SSSR count). The van der Waals surface area contributed by atoms with E-state index in [9.17, 15) is 38.4 Å². The molecule has 0 amide bonds. The fraction of sp³-hybridized carbons (Fsp3) is 0.184. The normalized spacial score (nSPS) is 11.5. The summed E-state index contributed by atoms with van der Waals surface area (Å²) >= 11 is 0. The van der Waals surface area contributed by atoms with E-state index in [0.29, 0.717) is 22.3 Å². The molecule has 0 aliphatic rings. The van der Waals surface area contributed by atoms with Crippen LogP contribution in [0.1, 0.15) is 66.8 Å². The monoisotopic (exact) mass is 872 g/mol. The zero-order valence-electron chi connectivity index (χ0n) is 35.9. The number of aromatic nitrogens is 8. The van der Waals surface area contributed by atoms with Crippen LogP contribution in [0.5, 0.6) is 0 Å². The second kappa shape index (κ2) is 17.4. The van der Waals surface area contributed by atoms with Crippen molar-refractivity contribution in [2.24, 2.45) is 0 Å². The lowest BCUT2D eigenvalue weighted by Gasteiger charge is -2.37. The summed E-state index contributed by atoms with van der Waals surface area (Å²) in [6.45, 7) is 7.30. The lowest BCUT2D eigenvalue weighted by atomic mass is 9.65. The number of aromatic amines is 4. The van der Waals surface area contributed by atoms with Crippen LogP contribution in [0.25, 0.3) is 0 Å². The van der Waals surface area contributed by atoms with Crippen molar-refractivity contribution in [1.29, 1.82) is 0 Å². The molecule has 0 atom stereocenters. The van der Waals surface area contributed by atoms with Crippen LogP contribution in [-0.2, 0) is 31.6 Å². The summed E-state index contributed by atoms with van der Waals surface area (Å²) in [7, 11) is 0. The molecule has 8 aromatic rings. The standard InChI is InChI=1S/C49H44N8O8/c1-29-21-54(45(62)50-41(29)58)25-33-5-13-37(14-6-33)49(38-15-7-34(8-16-38)26-55-22-30(2)42(59)51-46(55)63,39-17-9-35(10-18-39)27-56-23-31(3)43(60)52-47(56)64)40-19-11-36(12-20-40)28-57-24-32(4)44(61)53-48(57)65/h5-24H,25-28H2,1-4H3,(H,50,58,62)(H,51,59,63)(H,52,60,64)(H,53,61,65). The molecule has 0 aliphatic carbocycles. The van der Waals surface area contributed by atoms with E-state index in [1.165, 1.54) is 43.1 Å². The maximum Gasteiger partial charge on any atom is 0.328 e. The Hall–Kier alpha value is -8.40. The van der Waals surface area contributed by atoms with E-state index in [-0.39, 0.29) is 26.2 Å². The quantitative estimate of drug-likeness (QED) is 0.134. The minimum absolute atomic E-state index is 0.193. The smallest absolute Gasteiger partial charge is 0.296 e. The Bertz CT molecular complexity index is 3110. The molecule has 0 bridgehead atoms. The van der Waals surface area contributed by atoms with E-state index in [0.717, 1.165) is 44.5 Å². The molecule has 328 valence electrons. The second-order valence-electron chi connectivity index (χ2n) is 16.3. The highest BCUT2D eigenvalue weighted by Gasteiger charge is 2.38. The number of H-pyrrole nitrogens is 4. The van der Waals surface area contributed by atoms with Gasteiger partial charge in [0.2, 0.25) is 0 Å². The summed E-state index contributed by atoms with van der Waals surface area (Å²) in [5.41, 5.74) is 3.18. The molecule has 0 spiro atoms. The number of benzene rings is 4. The summed E-state index contributed by atoms with van der Waals surface area (Å²) in [6.07, 6.45) is 6.10. The van der Waals surface area contributed by atoms with E-state index >= 15 is 0 Å². The van der Waals surface area contributed by atoms with Crippen molar-refractivity contribution in [3.63, 3.8) is 0 Å². The minimum atomic E-state index is -1.04. The van der Waals surface area contributed by atoms with E-state index in [4.69, 9.17) is 0 Å². The van der Waals surface area contributed by atoms with Gasteiger partial charge in [0, 0.05) is 47.0 Å². The summed E-state index contributed by atoms with van der Waals surface area (Å²) in [4.78, 5) is 109. The first-order valence-corrected chi connectivity index (χ1v) is 20.7. The fourth-order valence-electron chi connectivity index (χ4n) is 8.17. The minimum Gasteiger partial charge on any atom is -0.296 e. The van der Waals surface area contributed by atoms with Gasteiger partial charge in [-0.05, 0) is 72.2 Å². The van der Waals surface area contributed by atoms with Crippen molar-refractivity contribution in [2.75, 3.05) is 0 Å². The summed E-state index contributed by atoms with van der Waals surface area (Å²) < 4.78 is 5.76. The molecule has 4 aromatic heterocycles. The van der Waals surface area contributed by atoms with Crippen molar-refractivity contribution < 1.29 is 0 Å². The Kier molecular flexibility index (Phi) is 11.6. The highest BCUT2D eigenvalue weighted by atomic mass is 16.2. The van der Waals surface area contributed by atoms with Gasteiger partial charge in [-0.25, -0.2) is 19.2 Å². The molecule has 4 heterocycles. The maximum absolute atomic E-state index is 12.8. The van der Waals surface area contributed by atoms with Gasteiger partial charge in [0.1, 0.15) is 0 Å². The number of hydrogen-bond acceptors (Lipinski definition) is 8. The number of nitrogens with zero attached hydrogens (tertiary/aromatic N) is 4. The first kappa shape index (κ1) is 43.3. The van der Waals surface area contributed by atoms with Gasteiger partial charge >= 0.3 is 22.8 Å². The average Bonchev–Trinajstić information content (AvgIpc) is 3.28. The van der Waals surface area contributed by atoms with Crippen molar-refractivity contribution in [3.05, 3.63) is 272 Å². The highest BCUT2D eigenvalue weighted by Crippen LogP contribution is 2.45. The van der Waals surface area contributed by atoms with E-state index in [1.54, 1.807) is 27.7 Å². The first-order valence-electron chi connectivity index (χ1n) is 20.7. The zero-order chi connectivity index (χ0) is 46.2. The predicted molar refractivity (Wildman–Crippen MR) is 245 cm³/mol. The van der Waals surface area contributed by atoms with Crippen molar-refractivity contribution >= 4 is 0 Å². The summed E-state index contributed by atoms with van der Waals surface area (Å²) in [5, 5.41) is 0. The lowest BCUT2D eigenvalue weighted by molar-refractivity contribution is 0.701. The molecule has 0 radical (unpaired) electrons. The average molecular weight is 873 g/mol. The van der Waals surface area contributed by atoms with Crippen LogP contribution < -0.4 is 45.0 Å². The Morgan fingerprint density at radius 2 is 0.508 bits per heavy atom. The summed E-state index contributed by atoms with van der Waals surface area (Å²) in [6, 6.07) is 31.3. The maximum atomic E-state index is 12.8. The Balaban J connectivity index is 1.29. The lowest BCUT2D eigenvalue weighted by Crippen LogP contribution is -2.32. The van der Waals surface area contributed by atoms with Crippen LogP contribution in [0.3, 0.4) is 0 Å². The van der Waals surface area contributed by atoms with E-state index < -0.39 is 50.4 Å². The molecule has 0 aliphatic heterocycles. The Morgan fingerprint density at radius 3 is 0.692 bits per heavy atom. The molecular weight excluding hydrogens is 829 g/mol. The molecular formula is C49H44N8O8. The van der Waals surface area contributed by atoms with Crippen LogP contribution >= 0.6 is 0 Å². The third-order valence-electron chi connectivity index (χ3n) is 11.7. The van der Waals surface area contributed by atoms with Gasteiger partial charge in [-0.15, -0.1) is 0 Å². The van der Waals surface area contributed by atoms with Gasteiger partial charge in [0.15, 0.2) is 0 Å². The number of rotatable bonds is 12. The number of nitrogens with one attached hydrogen (secondary N) is 4. The van der Waals surface area contributed by atoms with E-state index in [1.807, 2.05) is 97.1 Å². The van der Waals surface area contributed by atoms with Gasteiger partial charge in [-0.2, -0.15) is 0 Å². The van der Waals surface area contributed by atoms with Crippen molar-refractivity contribution in [3.8, 4) is 0 Å². The number of hydrogen-bond donors (Lipinski definition) is 4. The molecule has 4 aromatic carbocycles. The highest BCUT2D eigenvalue weighted by molar-refractivity contribution is 5.60. The molecule has 16 nitrogen and oxygen atoms in total. The first-order chi connectivity index (χ1) is 31.1.